The average molecular weight is 297 g/mol. The van der Waals surface area contributed by atoms with Crippen molar-refractivity contribution in [3.8, 4) is 0 Å². The van der Waals surface area contributed by atoms with Crippen LogP contribution >= 0.6 is 11.3 Å². The minimum absolute atomic E-state index is 0.102. The quantitative estimate of drug-likeness (QED) is 0.801. The highest BCUT2D eigenvalue weighted by Crippen LogP contribution is 2.42. The second-order valence-electron chi connectivity index (χ2n) is 5.47. The molecule has 4 heterocycles. The highest BCUT2D eigenvalue weighted by molar-refractivity contribution is 7.10. The van der Waals surface area contributed by atoms with Gasteiger partial charge in [0.1, 0.15) is 6.33 Å². The number of hydrogen-bond donors (Lipinski definition) is 0. The van der Waals surface area contributed by atoms with Gasteiger partial charge in [-0.2, -0.15) is 0 Å². The third-order valence-electron chi connectivity index (χ3n) is 4.31. The molecule has 0 aliphatic carbocycles. The Kier molecular flexibility index (Phi) is 3.07. The zero-order valence-electron chi connectivity index (χ0n) is 11.5. The number of aromatic nitrogens is 2. The van der Waals surface area contributed by atoms with Gasteiger partial charge in [-0.25, -0.2) is 9.97 Å². The third kappa shape index (κ3) is 2.17. The second kappa shape index (κ2) is 5.07. The SMILES string of the molecule is O=C(/C=C/c1cccs1)N1C2CCC1c1cncnc1C2. The average Bonchev–Trinajstić information content (AvgIpc) is 3.12. The first-order chi connectivity index (χ1) is 10.3. The van der Waals surface area contributed by atoms with Crippen molar-refractivity contribution in [2.45, 2.75) is 31.3 Å². The Morgan fingerprint density at radius 1 is 1.43 bits per heavy atom. The van der Waals surface area contributed by atoms with Gasteiger partial charge in [0.2, 0.25) is 5.91 Å². The standard InChI is InChI=1S/C16H15N3OS/c20-16(6-4-12-2-1-7-21-12)19-11-3-5-15(19)13-9-17-10-18-14(13)8-11/h1-2,4,6-7,9-11,15H,3,5,8H2/b6-4+. The zero-order valence-corrected chi connectivity index (χ0v) is 12.3. The molecule has 2 atom stereocenters. The van der Waals surface area contributed by atoms with Crippen LogP contribution in [-0.2, 0) is 11.2 Å². The van der Waals surface area contributed by atoms with E-state index < -0.39 is 0 Å². The first-order valence-corrected chi connectivity index (χ1v) is 8.03. The Balaban J connectivity index is 1.61. The van der Waals surface area contributed by atoms with Gasteiger partial charge in [-0.1, -0.05) is 6.07 Å². The van der Waals surface area contributed by atoms with Crippen LogP contribution in [0, 0.1) is 0 Å². The van der Waals surface area contributed by atoms with E-state index in [-0.39, 0.29) is 18.0 Å². The number of carbonyl (C=O) groups excluding carboxylic acids is 1. The molecule has 2 aromatic heterocycles. The summed E-state index contributed by atoms with van der Waals surface area (Å²) in [6.07, 6.45) is 10.0. The molecule has 2 aromatic rings. The molecule has 0 radical (unpaired) electrons. The lowest BCUT2D eigenvalue weighted by molar-refractivity contribution is -0.129. The lowest BCUT2D eigenvalue weighted by atomic mass is 9.99. The van der Waals surface area contributed by atoms with E-state index in [2.05, 4.69) is 9.97 Å². The summed E-state index contributed by atoms with van der Waals surface area (Å²) in [6, 6.07) is 4.45. The number of fused-ring (bicyclic) bond motifs is 4. The van der Waals surface area contributed by atoms with Crippen molar-refractivity contribution in [2.75, 3.05) is 0 Å². The van der Waals surface area contributed by atoms with E-state index in [9.17, 15) is 4.79 Å². The van der Waals surface area contributed by atoms with Gasteiger partial charge in [-0.15, -0.1) is 11.3 Å². The van der Waals surface area contributed by atoms with Gasteiger partial charge >= 0.3 is 0 Å². The number of thiophene rings is 1. The van der Waals surface area contributed by atoms with Crippen LogP contribution in [0.5, 0.6) is 0 Å². The minimum Gasteiger partial charge on any atom is -0.329 e. The summed E-state index contributed by atoms with van der Waals surface area (Å²) in [5.74, 6) is 0.102. The predicted molar refractivity (Wildman–Crippen MR) is 81.7 cm³/mol. The number of hydrogen-bond acceptors (Lipinski definition) is 4. The van der Waals surface area contributed by atoms with Crippen molar-refractivity contribution in [3.05, 3.63) is 52.2 Å². The molecule has 106 valence electrons. The van der Waals surface area contributed by atoms with Crippen molar-refractivity contribution in [1.29, 1.82) is 0 Å². The van der Waals surface area contributed by atoms with E-state index >= 15 is 0 Å². The smallest absolute Gasteiger partial charge is 0.247 e. The Hall–Kier alpha value is -2.01. The molecule has 0 saturated carbocycles. The van der Waals surface area contributed by atoms with Crippen molar-refractivity contribution in [1.82, 2.24) is 14.9 Å². The molecule has 4 rings (SSSR count). The molecule has 2 aliphatic heterocycles. The molecular formula is C16H15N3OS. The molecule has 0 spiro atoms. The summed E-state index contributed by atoms with van der Waals surface area (Å²) in [7, 11) is 0. The van der Waals surface area contributed by atoms with Crippen LogP contribution in [0.2, 0.25) is 0 Å². The van der Waals surface area contributed by atoms with E-state index in [0.29, 0.717) is 0 Å². The van der Waals surface area contributed by atoms with Gasteiger partial charge < -0.3 is 4.90 Å². The van der Waals surface area contributed by atoms with Crippen molar-refractivity contribution >= 4 is 23.3 Å². The Labute approximate surface area is 127 Å². The maximum Gasteiger partial charge on any atom is 0.247 e. The van der Waals surface area contributed by atoms with E-state index in [1.165, 1.54) is 0 Å². The number of amides is 1. The van der Waals surface area contributed by atoms with E-state index in [1.54, 1.807) is 23.7 Å². The van der Waals surface area contributed by atoms with Gasteiger partial charge in [0, 0.05) is 35.2 Å². The molecule has 2 bridgehead atoms. The summed E-state index contributed by atoms with van der Waals surface area (Å²) < 4.78 is 0. The van der Waals surface area contributed by atoms with Crippen LogP contribution in [0.4, 0.5) is 0 Å². The van der Waals surface area contributed by atoms with E-state index in [4.69, 9.17) is 0 Å². The molecule has 21 heavy (non-hydrogen) atoms. The van der Waals surface area contributed by atoms with Gasteiger partial charge in [0.15, 0.2) is 0 Å². The summed E-state index contributed by atoms with van der Waals surface area (Å²) >= 11 is 1.64. The molecule has 4 nitrogen and oxygen atoms in total. The highest BCUT2D eigenvalue weighted by Gasteiger charge is 2.42. The largest absolute Gasteiger partial charge is 0.329 e. The summed E-state index contributed by atoms with van der Waals surface area (Å²) in [4.78, 5) is 24.2. The van der Waals surface area contributed by atoms with Crippen LogP contribution in [-0.4, -0.2) is 26.8 Å². The second-order valence-corrected chi connectivity index (χ2v) is 6.45. The molecular weight excluding hydrogens is 282 g/mol. The van der Waals surface area contributed by atoms with Crippen molar-refractivity contribution in [3.63, 3.8) is 0 Å². The first kappa shape index (κ1) is 12.7. The molecule has 2 unspecified atom stereocenters. The fourth-order valence-electron chi connectivity index (χ4n) is 3.39. The van der Waals surface area contributed by atoms with Gasteiger partial charge in [-0.05, 0) is 30.4 Å². The van der Waals surface area contributed by atoms with E-state index in [1.807, 2.05) is 34.7 Å². The third-order valence-corrected chi connectivity index (χ3v) is 5.14. The Morgan fingerprint density at radius 3 is 3.24 bits per heavy atom. The number of rotatable bonds is 2. The molecule has 5 heteroatoms. The van der Waals surface area contributed by atoms with Gasteiger partial charge in [0.05, 0.1) is 11.7 Å². The fourth-order valence-corrected chi connectivity index (χ4v) is 4.00. The summed E-state index contributed by atoms with van der Waals surface area (Å²) in [6.45, 7) is 0. The van der Waals surface area contributed by atoms with Gasteiger partial charge in [-0.3, -0.25) is 4.79 Å². The monoisotopic (exact) mass is 297 g/mol. The molecule has 1 amide bonds. The first-order valence-electron chi connectivity index (χ1n) is 7.15. The molecule has 0 N–H and O–H groups in total. The van der Waals surface area contributed by atoms with Crippen LogP contribution in [0.3, 0.4) is 0 Å². The van der Waals surface area contributed by atoms with Gasteiger partial charge in [0.25, 0.3) is 0 Å². The highest BCUT2D eigenvalue weighted by atomic mass is 32.1. The summed E-state index contributed by atoms with van der Waals surface area (Å²) in [5, 5.41) is 2.02. The Bertz CT molecular complexity index is 695. The topological polar surface area (TPSA) is 46.1 Å². The summed E-state index contributed by atoms with van der Waals surface area (Å²) in [5.41, 5.74) is 2.24. The Morgan fingerprint density at radius 2 is 2.38 bits per heavy atom. The predicted octanol–water partition coefficient (Wildman–Crippen LogP) is 2.84. The van der Waals surface area contributed by atoms with Crippen LogP contribution in [0.25, 0.3) is 6.08 Å². The lowest BCUT2D eigenvalue weighted by Crippen LogP contribution is -2.41. The molecule has 2 aliphatic rings. The molecule has 1 saturated heterocycles. The maximum atomic E-state index is 12.6. The molecule has 1 fully saturated rings. The minimum atomic E-state index is 0.102. The van der Waals surface area contributed by atoms with Crippen LogP contribution in [0.1, 0.15) is 35.0 Å². The number of carbonyl (C=O) groups is 1. The normalized spacial score (nSPS) is 23.5. The van der Waals surface area contributed by atoms with Crippen LogP contribution in [0.15, 0.2) is 36.1 Å². The maximum absolute atomic E-state index is 12.6. The van der Waals surface area contributed by atoms with Crippen molar-refractivity contribution < 1.29 is 4.79 Å². The molecule has 0 aromatic carbocycles. The van der Waals surface area contributed by atoms with Crippen molar-refractivity contribution in [2.24, 2.45) is 0 Å². The lowest BCUT2D eigenvalue weighted by Gasteiger charge is -2.34. The fraction of sp³-hybridized carbons (Fsp3) is 0.312. The zero-order chi connectivity index (χ0) is 14.2. The van der Waals surface area contributed by atoms with E-state index in [0.717, 1.165) is 35.4 Å². The van der Waals surface area contributed by atoms with Crippen LogP contribution < -0.4 is 0 Å². The number of nitrogens with zero attached hydrogens (tertiary/aromatic N) is 3.